The molecular weight excluding hydrogens is 289 g/mol. The second kappa shape index (κ2) is 7.09. The van der Waals surface area contributed by atoms with Gasteiger partial charge >= 0.3 is 0 Å². The molecule has 0 aliphatic carbocycles. The molecule has 1 aromatic heterocycles. The molecule has 0 unspecified atom stereocenters. The molecule has 6 heteroatoms. The van der Waals surface area contributed by atoms with Crippen molar-refractivity contribution in [1.29, 1.82) is 0 Å². The quantitative estimate of drug-likeness (QED) is 0.819. The maximum absolute atomic E-state index is 13.3. The van der Waals surface area contributed by atoms with E-state index in [0.717, 1.165) is 0 Å². The Morgan fingerprint density at radius 1 is 1.36 bits per heavy atom. The molecule has 5 nitrogen and oxygen atoms in total. The number of carbonyl (C=O) groups excluding carboxylic acids is 1. The fraction of sp³-hybridized carbons (Fsp3) is 0.312. The Kier molecular flexibility index (Phi) is 5.16. The van der Waals surface area contributed by atoms with Crippen LogP contribution in [0.25, 0.3) is 0 Å². The molecule has 118 valence electrons. The lowest BCUT2D eigenvalue weighted by molar-refractivity contribution is -0.124. The van der Waals surface area contributed by atoms with Crippen LogP contribution in [0.4, 0.5) is 4.39 Å². The molecule has 1 heterocycles. The predicted molar refractivity (Wildman–Crippen MR) is 77.9 cm³/mol. The fourth-order valence-electron chi connectivity index (χ4n) is 1.90. The van der Waals surface area contributed by atoms with Gasteiger partial charge in [0, 0.05) is 13.0 Å². The highest BCUT2D eigenvalue weighted by molar-refractivity contribution is 5.77. The van der Waals surface area contributed by atoms with Crippen LogP contribution in [0.5, 0.6) is 5.75 Å². The lowest BCUT2D eigenvalue weighted by Crippen LogP contribution is -2.43. The number of ether oxygens (including phenoxy) is 1. The Bertz CT molecular complexity index is 610. The number of aliphatic hydroxyl groups is 1. The van der Waals surface area contributed by atoms with Crippen molar-refractivity contribution in [3.05, 3.63) is 54.2 Å². The van der Waals surface area contributed by atoms with Crippen LogP contribution in [0.1, 0.15) is 12.7 Å². The Labute approximate surface area is 127 Å². The van der Waals surface area contributed by atoms with Crippen LogP contribution in [0, 0.1) is 5.82 Å². The van der Waals surface area contributed by atoms with Crippen LogP contribution >= 0.6 is 0 Å². The molecule has 0 aliphatic rings. The van der Waals surface area contributed by atoms with E-state index in [-0.39, 0.29) is 25.3 Å². The lowest BCUT2D eigenvalue weighted by atomic mass is 10.0. The van der Waals surface area contributed by atoms with Gasteiger partial charge in [0.2, 0.25) is 0 Å². The summed E-state index contributed by atoms with van der Waals surface area (Å²) < 4.78 is 23.6. The van der Waals surface area contributed by atoms with E-state index in [1.807, 2.05) is 0 Å². The number of para-hydroxylation sites is 1. The van der Waals surface area contributed by atoms with Crippen molar-refractivity contribution in [1.82, 2.24) is 5.32 Å². The number of hydrogen-bond acceptors (Lipinski definition) is 4. The third-order valence-corrected chi connectivity index (χ3v) is 3.00. The highest BCUT2D eigenvalue weighted by Gasteiger charge is 2.23. The SMILES string of the molecule is C[C@@](O)(CNC(=O)COc1ccccc1F)Cc1ccco1. The standard InChI is InChI=1S/C16H18FNO4/c1-16(20,9-12-5-4-8-21-12)11-18-15(19)10-22-14-7-3-2-6-13(14)17/h2-8,20H,9-11H2,1H3,(H,18,19)/t16-/m0/s1. The van der Waals surface area contributed by atoms with Crippen LogP contribution in [0.2, 0.25) is 0 Å². The van der Waals surface area contributed by atoms with Gasteiger partial charge in [0.25, 0.3) is 5.91 Å². The van der Waals surface area contributed by atoms with Gasteiger partial charge in [-0.2, -0.15) is 0 Å². The number of halogens is 1. The molecule has 0 spiro atoms. The van der Waals surface area contributed by atoms with Crippen molar-refractivity contribution in [3.63, 3.8) is 0 Å². The summed E-state index contributed by atoms with van der Waals surface area (Å²) in [5.41, 5.74) is -1.15. The molecule has 22 heavy (non-hydrogen) atoms. The van der Waals surface area contributed by atoms with Gasteiger partial charge in [-0.1, -0.05) is 12.1 Å². The van der Waals surface area contributed by atoms with E-state index in [0.29, 0.717) is 5.76 Å². The average Bonchev–Trinajstić information content (AvgIpc) is 2.96. The van der Waals surface area contributed by atoms with E-state index >= 15 is 0 Å². The molecule has 0 aliphatic heterocycles. The van der Waals surface area contributed by atoms with Gasteiger partial charge < -0.3 is 19.6 Å². The van der Waals surface area contributed by atoms with Crippen molar-refractivity contribution in [2.24, 2.45) is 0 Å². The Hall–Kier alpha value is -2.34. The Morgan fingerprint density at radius 2 is 2.14 bits per heavy atom. The van der Waals surface area contributed by atoms with E-state index in [1.165, 1.54) is 24.5 Å². The van der Waals surface area contributed by atoms with Crippen LogP contribution in [0.3, 0.4) is 0 Å². The van der Waals surface area contributed by atoms with E-state index in [2.05, 4.69) is 5.32 Å². The van der Waals surface area contributed by atoms with Gasteiger partial charge in [-0.15, -0.1) is 0 Å². The summed E-state index contributed by atoms with van der Waals surface area (Å²) in [5.74, 6) is -0.329. The Balaban J connectivity index is 1.76. The molecule has 1 aromatic carbocycles. The van der Waals surface area contributed by atoms with Crippen molar-refractivity contribution < 1.29 is 23.4 Å². The van der Waals surface area contributed by atoms with Crippen molar-refractivity contribution >= 4 is 5.91 Å². The molecule has 0 fully saturated rings. The summed E-state index contributed by atoms with van der Waals surface area (Å²) >= 11 is 0. The molecule has 0 saturated carbocycles. The smallest absolute Gasteiger partial charge is 0.258 e. The highest BCUT2D eigenvalue weighted by atomic mass is 19.1. The first-order valence-electron chi connectivity index (χ1n) is 6.85. The van der Waals surface area contributed by atoms with Gasteiger partial charge in [-0.05, 0) is 31.2 Å². The normalized spacial score (nSPS) is 13.4. The largest absolute Gasteiger partial charge is 0.481 e. The Morgan fingerprint density at radius 3 is 2.82 bits per heavy atom. The zero-order valence-corrected chi connectivity index (χ0v) is 12.2. The number of carbonyl (C=O) groups is 1. The lowest BCUT2D eigenvalue weighted by Gasteiger charge is -2.22. The van der Waals surface area contributed by atoms with E-state index < -0.39 is 17.3 Å². The first-order valence-corrected chi connectivity index (χ1v) is 6.85. The van der Waals surface area contributed by atoms with Crippen molar-refractivity contribution in [2.45, 2.75) is 18.9 Å². The minimum atomic E-state index is -1.15. The number of nitrogens with one attached hydrogen (secondary N) is 1. The van der Waals surface area contributed by atoms with Gasteiger partial charge in [-0.3, -0.25) is 4.79 Å². The van der Waals surface area contributed by atoms with Gasteiger partial charge in [0.1, 0.15) is 5.76 Å². The predicted octanol–water partition coefficient (Wildman–Crippen LogP) is 1.91. The monoisotopic (exact) mass is 307 g/mol. The zero-order chi connectivity index (χ0) is 16.0. The summed E-state index contributed by atoms with van der Waals surface area (Å²) in [5, 5.41) is 12.7. The third kappa shape index (κ3) is 4.89. The second-order valence-corrected chi connectivity index (χ2v) is 5.25. The zero-order valence-electron chi connectivity index (χ0n) is 12.2. The van der Waals surface area contributed by atoms with Crippen LogP contribution in [-0.2, 0) is 11.2 Å². The summed E-state index contributed by atoms with van der Waals surface area (Å²) in [6.07, 6.45) is 1.79. The van der Waals surface area contributed by atoms with E-state index in [1.54, 1.807) is 25.1 Å². The number of rotatable bonds is 7. The van der Waals surface area contributed by atoms with Crippen LogP contribution < -0.4 is 10.1 Å². The van der Waals surface area contributed by atoms with Crippen LogP contribution in [-0.4, -0.2) is 29.8 Å². The average molecular weight is 307 g/mol. The third-order valence-electron chi connectivity index (χ3n) is 3.00. The van der Waals surface area contributed by atoms with Gasteiger partial charge in [0.15, 0.2) is 18.2 Å². The van der Waals surface area contributed by atoms with Crippen molar-refractivity contribution in [2.75, 3.05) is 13.2 Å². The summed E-state index contributed by atoms with van der Waals surface area (Å²) in [7, 11) is 0. The summed E-state index contributed by atoms with van der Waals surface area (Å²) in [4.78, 5) is 11.7. The molecule has 1 atom stereocenters. The minimum Gasteiger partial charge on any atom is -0.481 e. The molecular formula is C16H18FNO4. The van der Waals surface area contributed by atoms with Gasteiger partial charge in [0.05, 0.1) is 11.9 Å². The van der Waals surface area contributed by atoms with E-state index in [9.17, 15) is 14.3 Å². The minimum absolute atomic E-state index is 0.0139. The number of amides is 1. The molecule has 2 aromatic rings. The van der Waals surface area contributed by atoms with Crippen LogP contribution in [0.15, 0.2) is 47.1 Å². The van der Waals surface area contributed by atoms with Gasteiger partial charge in [-0.25, -0.2) is 4.39 Å². The second-order valence-electron chi connectivity index (χ2n) is 5.25. The first kappa shape index (κ1) is 16.0. The maximum atomic E-state index is 13.3. The number of benzene rings is 1. The molecule has 0 bridgehead atoms. The molecule has 1 amide bonds. The molecule has 0 saturated heterocycles. The molecule has 2 N–H and O–H groups in total. The maximum Gasteiger partial charge on any atom is 0.258 e. The fourth-order valence-corrected chi connectivity index (χ4v) is 1.90. The first-order chi connectivity index (χ1) is 10.5. The summed E-state index contributed by atoms with van der Waals surface area (Å²) in [6.45, 7) is 1.30. The topological polar surface area (TPSA) is 71.7 Å². The number of hydrogen-bond donors (Lipinski definition) is 2. The summed E-state index contributed by atoms with van der Waals surface area (Å²) in [6, 6.07) is 9.32. The number of furan rings is 1. The molecule has 0 radical (unpaired) electrons. The van der Waals surface area contributed by atoms with Crippen molar-refractivity contribution in [3.8, 4) is 5.75 Å². The highest BCUT2D eigenvalue weighted by Crippen LogP contribution is 2.15. The molecule has 2 rings (SSSR count). The van der Waals surface area contributed by atoms with E-state index in [4.69, 9.17) is 9.15 Å².